The van der Waals surface area contributed by atoms with Gasteiger partial charge in [-0.3, -0.25) is 9.98 Å². The van der Waals surface area contributed by atoms with Crippen LogP contribution in [0.1, 0.15) is 38.8 Å². The van der Waals surface area contributed by atoms with Crippen molar-refractivity contribution in [3.63, 3.8) is 0 Å². The van der Waals surface area contributed by atoms with E-state index in [1.807, 2.05) is 19.4 Å². The van der Waals surface area contributed by atoms with Crippen molar-refractivity contribution < 1.29 is 0 Å². The van der Waals surface area contributed by atoms with E-state index in [0.717, 1.165) is 25.5 Å². The SMILES string of the molecule is CN=C(NCCc1ccncc1C)N1CC(C)(C)C1(C)C. The minimum absolute atomic E-state index is 0.140. The topological polar surface area (TPSA) is 40.5 Å². The molecule has 1 saturated heterocycles. The highest BCUT2D eigenvalue weighted by Crippen LogP contribution is 2.46. The van der Waals surface area contributed by atoms with Gasteiger partial charge in [-0.2, -0.15) is 0 Å². The van der Waals surface area contributed by atoms with Crippen molar-refractivity contribution in [3.05, 3.63) is 29.6 Å². The zero-order valence-electron chi connectivity index (χ0n) is 14.2. The third-order valence-corrected chi connectivity index (χ3v) is 5.17. The van der Waals surface area contributed by atoms with Crippen molar-refractivity contribution in [2.24, 2.45) is 10.4 Å². The number of pyridine rings is 1. The summed E-state index contributed by atoms with van der Waals surface area (Å²) in [4.78, 5) is 10.9. The van der Waals surface area contributed by atoms with E-state index < -0.39 is 0 Å². The molecule has 1 aromatic rings. The van der Waals surface area contributed by atoms with Gasteiger partial charge < -0.3 is 10.2 Å². The molecule has 0 aromatic carbocycles. The zero-order chi connectivity index (χ0) is 15.7. The van der Waals surface area contributed by atoms with Gasteiger partial charge in [-0.05, 0) is 44.4 Å². The monoisotopic (exact) mass is 288 g/mol. The first kappa shape index (κ1) is 15.8. The maximum atomic E-state index is 4.44. The molecule has 0 radical (unpaired) electrons. The molecule has 4 nitrogen and oxygen atoms in total. The molecule has 21 heavy (non-hydrogen) atoms. The highest BCUT2D eigenvalue weighted by atomic mass is 15.4. The molecule has 0 saturated carbocycles. The highest BCUT2D eigenvalue weighted by Gasteiger charge is 2.53. The summed E-state index contributed by atoms with van der Waals surface area (Å²) in [5.74, 6) is 1.01. The highest BCUT2D eigenvalue weighted by molar-refractivity contribution is 5.82. The Bertz CT molecular complexity index is 531. The van der Waals surface area contributed by atoms with Crippen molar-refractivity contribution in [3.8, 4) is 0 Å². The molecule has 2 heterocycles. The number of aliphatic imine (C=N–C) groups is 1. The first-order chi connectivity index (χ1) is 9.79. The molecule has 1 fully saturated rings. The standard InChI is InChI=1S/C17H28N4/c1-13-11-19-9-7-14(13)8-10-20-15(18-6)21-12-16(2,3)17(21,4)5/h7,9,11H,8,10,12H2,1-6H3,(H,18,20). The van der Waals surface area contributed by atoms with Crippen molar-refractivity contribution >= 4 is 5.96 Å². The molecule has 1 N–H and O–H groups in total. The molecule has 0 amide bonds. The molecule has 0 unspecified atom stereocenters. The summed E-state index contributed by atoms with van der Waals surface area (Å²) in [5.41, 5.74) is 3.06. The lowest BCUT2D eigenvalue weighted by Crippen LogP contribution is -2.72. The summed E-state index contributed by atoms with van der Waals surface area (Å²) in [6, 6.07) is 2.09. The minimum atomic E-state index is 0.140. The average Bonchev–Trinajstić information content (AvgIpc) is 2.43. The van der Waals surface area contributed by atoms with Crippen LogP contribution in [0.15, 0.2) is 23.5 Å². The predicted octanol–water partition coefficient (Wildman–Crippen LogP) is 2.63. The fourth-order valence-corrected chi connectivity index (χ4v) is 2.79. The lowest BCUT2D eigenvalue weighted by atomic mass is 9.65. The van der Waals surface area contributed by atoms with Crippen LogP contribution in [0.25, 0.3) is 0 Å². The molecule has 1 aromatic heterocycles. The predicted molar refractivity (Wildman–Crippen MR) is 88.6 cm³/mol. The van der Waals surface area contributed by atoms with E-state index in [9.17, 15) is 0 Å². The Kier molecular flexibility index (Phi) is 4.26. The van der Waals surface area contributed by atoms with Gasteiger partial charge in [-0.1, -0.05) is 13.8 Å². The molecule has 1 aliphatic heterocycles. The van der Waals surface area contributed by atoms with Crippen molar-refractivity contribution in [1.29, 1.82) is 0 Å². The largest absolute Gasteiger partial charge is 0.356 e. The van der Waals surface area contributed by atoms with Gasteiger partial charge in [0.2, 0.25) is 0 Å². The number of hydrogen-bond acceptors (Lipinski definition) is 2. The average molecular weight is 288 g/mol. The summed E-state index contributed by atoms with van der Waals surface area (Å²) < 4.78 is 0. The Hall–Kier alpha value is -1.58. The molecule has 1 aliphatic rings. The normalized spacial score (nSPS) is 20.1. The zero-order valence-corrected chi connectivity index (χ0v) is 14.2. The lowest BCUT2D eigenvalue weighted by molar-refractivity contribution is -0.0666. The Balaban J connectivity index is 1.92. The fraction of sp³-hybridized carbons (Fsp3) is 0.647. The Morgan fingerprint density at radius 2 is 2.10 bits per heavy atom. The van der Waals surface area contributed by atoms with E-state index in [0.29, 0.717) is 5.41 Å². The molecular formula is C17H28N4. The number of aromatic nitrogens is 1. The molecule has 0 aliphatic carbocycles. The fourth-order valence-electron chi connectivity index (χ4n) is 2.79. The molecule has 4 heteroatoms. The molecule has 0 bridgehead atoms. The third kappa shape index (κ3) is 2.89. The molecular weight excluding hydrogens is 260 g/mol. The maximum Gasteiger partial charge on any atom is 0.194 e. The molecule has 0 atom stereocenters. The number of nitrogens with one attached hydrogen (secondary N) is 1. The number of nitrogens with zero attached hydrogens (tertiary/aromatic N) is 3. The molecule has 116 valence electrons. The van der Waals surface area contributed by atoms with Gasteiger partial charge in [0.15, 0.2) is 5.96 Å². The molecule has 0 spiro atoms. The van der Waals surface area contributed by atoms with Crippen molar-refractivity contribution in [2.45, 2.75) is 46.6 Å². The Labute approximate surface area is 128 Å². The summed E-state index contributed by atoms with van der Waals surface area (Å²) in [6.45, 7) is 13.3. The van der Waals surface area contributed by atoms with Crippen molar-refractivity contribution in [2.75, 3.05) is 20.1 Å². The van der Waals surface area contributed by atoms with Crippen LogP contribution in [0.4, 0.5) is 0 Å². The second kappa shape index (κ2) is 5.66. The van der Waals surface area contributed by atoms with Crippen LogP contribution in [0, 0.1) is 12.3 Å². The van der Waals surface area contributed by atoms with Gasteiger partial charge in [0.1, 0.15) is 0 Å². The number of guanidine groups is 1. The molecule has 2 rings (SSSR count). The van der Waals surface area contributed by atoms with Gasteiger partial charge in [0.25, 0.3) is 0 Å². The van der Waals surface area contributed by atoms with Crippen LogP contribution >= 0.6 is 0 Å². The van der Waals surface area contributed by atoms with Crippen LogP contribution < -0.4 is 5.32 Å². The van der Waals surface area contributed by atoms with E-state index in [1.54, 1.807) is 0 Å². The number of hydrogen-bond donors (Lipinski definition) is 1. The van der Waals surface area contributed by atoms with Gasteiger partial charge in [-0.15, -0.1) is 0 Å². The van der Waals surface area contributed by atoms with E-state index in [2.05, 4.69) is 60.9 Å². The van der Waals surface area contributed by atoms with Gasteiger partial charge in [-0.25, -0.2) is 0 Å². The van der Waals surface area contributed by atoms with Gasteiger partial charge in [0.05, 0.1) is 0 Å². The second-order valence-electron chi connectivity index (χ2n) is 7.06. The van der Waals surface area contributed by atoms with Crippen LogP contribution in [-0.4, -0.2) is 41.5 Å². The van der Waals surface area contributed by atoms with Gasteiger partial charge >= 0.3 is 0 Å². The third-order valence-electron chi connectivity index (χ3n) is 5.17. The number of likely N-dealkylation sites (tertiary alicyclic amines) is 1. The lowest BCUT2D eigenvalue weighted by Gasteiger charge is -2.62. The van der Waals surface area contributed by atoms with E-state index in [4.69, 9.17) is 0 Å². The second-order valence-corrected chi connectivity index (χ2v) is 7.06. The van der Waals surface area contributed by atoms with E-state index >= 15 is 0 Å². The minimum Gasteiger partial charge on any atom is -0.356 e. The number of aryl methyl sites for hydroxylation is 1. The van der Waals surface area contributed by atoms with E-state index in [-0.39, 0.29) is 5.54 Å². The van der Waals surface area contributed by atoms with Crippen molar-refractivity contribution in [1.82, 2.24) is 15.2 Å². The Morgan fingerprint density at radius 3 is 2.62 bits per heavy atom. The van der Waals surface area contributed by atoms with Crippen LogP contribution in [0.2, 0.25) is 0 Å². The number of rotatable bonds is 3. The first-order valence-electron chi connectivity index (χ1n) is 7.67. The Morgan fingerprint density at radius 1 is 1.38 bits per heavy atom. The summed E-state index contributed by atoms with van der Waals surface area (Å²) in [6.07, 6.45) is 4.77. The first-order valence-corrected chi connectivity index (χ1v) is 7.67. The van der Waals surface area contributed by atoms with Gasteiger partial charge in [0, 0.05) is 43.5 Å². The maximum absolute atomic E-state index is 4.44. The summed E-state index contributed by atoms with van der Waals surface area (Å²) in [5, 5.41) is 3.50. The van der Waals surface area contributed by atoms with Crippen LogP contribution in [0.5, 0.6) is 0 Å². The van der Waals surface area contributed by atoms with E-state index in [1.165, 1.54) is 11.1 Å². The quantitative estimate of drug-likeness (QED) is 0.686. The summed E-state index contributed by atoms with van der Waals surface area (Å²) in [7, 11) is 1.86. The smallest absolute Gasteiger partial charge is 0.194 e. The summed E-state index contributed by atoms with van der Waals surface area (Å²) >= 11 is 0. The van der Waals surface area contributed by atoms with Crippen LogP contribution in [-0.2, 0) is 6.42 Å². The van der Waals surface area contributed by atoms with Crippen LogP contribution in [0.3, 0.4) is 0 Å².